The molecular formula is C30H42N2O4. The first kappa shape index (κ1) is 27.7. The average Bonchev–Trinajstić information content (AvgIpc) is 3.07. The molecule has 2 aromatic rings. The second kappa shape index (κ2) is 10.3. The number of carbonyl (C=O) groups excluding carboxylic acids is 1. The van der Waals surface area contributed by atoms with Crippen molar-refractivity contribution in [2.24, 2.45) is 0 Å². The van der Waals surface area contributed by atoms with Crippen LogP contribution in [0.5, 0.6) is 11.5 Å². The normalized spacial score (nSPS) is 14.7. The summed E-state index contributed by atoms with van der Waals surface area (Å²) in [6, 6.07) is 7.61. The van der Waals surface area contributed by atoms with E-state index in [9.17, 15) is 9.90 Å². The molecule has 6 heteroatoms. The first-order valence-corrected chi connectivity index (χ1v) is 12.8. The van der Waals surface area contributed by atoms with Crippen LogP contribution in [0.4, 0.5) is 0 Å². The van der Waals surface area contributed by atoms with Gasteiger partial charge in [0.2, 0.25) is 0 Å². The lowest BCUT2D eigenvalue weighted by Crippen LogP contribution is -2.30. The fraction of sp³-hybridized carbons (Fsp3) is 0.533. The molecule has 0 bridgehead atoms. The molecule has 0 amide bonds. The van der Waals surface area contributed by atoms with Crippen molar-refractivity contribution in [3.05, 3.63) is 57.6 Å². The summed E-state index contributed by atoms with van der Waals surface area (Å²) in [5.74, 6) is 1.29. The van der Waals surface area contributed by atoms with Crippen molar-refractivity contribution in [2.75, 3.05) is 20.3 Å². The highest BCUT2D eigenvalue weighted by Crippen LogP contribution is 2.40. The number of benzene rings is 2. The lowest BCUT2D eigenvalue weighted by molar-refractivity contribution is 0.0962. The largest absolute Gasteiger partial charge is 0.507 e. The van der Waals surface area contributed by atoms with Crippen LogP contribution in [-0.2, 0) is 22.1 Å². The van der Waals surface area contributed by atoms with E-state index in [-0.39, 0.29) is 35.0 Å². The highest BCUT2D eigenvalue weighted by molar-refractivity contribution is 6.05. The van der Waals surface area contributed by atoms with E-state index in [1.54, 1.807) is 12.0 Å². The van der Waals surface area contributed by atoms with Gasteiger partial charge in [-0.1, -0.05) is 48.5 Å². The lowest BCUT2D eigenvalue weighted by atomic mass is 9.78. The van der Waals surface area contributed by atoms with Crippen molar-refractivity contribution < 1.29 is 19.4 Å². The number of phenols is 1. The van der Waals surface area contributed by atoms with Crippen molar-refractivity contribution in [1.29, 1.82) is 5.41 Å². The Bertz CT molecular complexity index is 1120. The minimum atomic E-state index is -0.319. The fourth-order valence-electron chi connectivity index (χ4n) is 4.83. The summed E-state index contributed by atoms with van der Waals surface area (Å²) in [5.41, 5.74) is 4.16. The zero-order chi connectivity index (χ0) is 27.0. The topological polar surface area (TPSA) is 82.9 Å². The molecule has 1 unspecified atom stereocenters. The van der Waals surface area contributed by atoms with E-state index in [1.807, 2.05) is 72.7 Å². The lowest BCUT2D eigenvalue weighted by Gasteiger charge is -2.28. The van der Waals surface area contributed by atoms with Crippen molar-refractivity contribution in [3.63, 3.8) is 0 Å². The van der Waals surface area contributed by atoms with Gasteiger partial charge in [-0.2, -0.15) is 0 Å². The number of nitrogens with one attached hydrogen (secondary N) is 1. The number of rotatable bonds is 8. The third-order valence-electron chi connectivity index (χ3n) is 6.85. The molecule has 2 aromatic carbocycles. The molecule has 2 N–H and O–H groups in total. The van der Waals surface area contributed by atoms with E-state index in [2.05, 4.69) is 6.92 Å². The Hall–Kier alpha value is -2.86. The standard InChI is InChI=1S/C30H42N2O4/c1-10-25(35-9)21-15-20-19(14-26(21)36-11-2)16-32(28(20)31)17-24(33)18-12-22(29(3,4)5)27(34)23(13-18)30(6,7)8/h12-15,25,31,34H,10-11,16-17H2,1-9H3. The van der Waals surface area contributed by atoms with Gasteiger partial charge in [-0.25, -0.2) is 0 Å². The fourth-order valence-corrected chi connectivity index (χ4v) is 4.83. The van der Waals surface area contributed by atoms with Crippen LogP contribution in [0.2, 0.25) is 0 Å². The van der Waals surface area contributed by atoms with E-state index in [0.29, 0.717) is 24.6 Å². The van der Waals surface area contributed by atoms with Crippen LogP contribution in [0.25, 0.3) is 0 Å². The Kier molecular flexibility index (Phi) is 7.89. The van der Waals surface area contributed by atoms with Crippen LogP contribution in [0, 0.1) is 5.41 Å². The van der Waals surface area contributed by atoms with Gasteiger partial charge in [0.15, 0.2) is 5.78 Å². The van der Waals surface area contributed by atoms with E-state index in [1.165, 1.54) is 0 Å². The third kappa shape index (κ3) is 5.44. The first-order valence-electron chi connectivity index (χ1n) is 12.8. The summed E-state index contributed by atoms with van der Waals surface area (Å²) in [6.07, 6.45) is 0.668. The Morgan fingerprint density at radius 3 is 2.11 bits per heavy atom. The van der Waals surface area contributed by atoms with Gasteiger partial charge in [0, 0.05) is 41.5 Å². The Morgan fingerprint density at radius 2 is 1.64 bits per heavy atom. The summed E-state index contributed by atoms with van der Waals surface area (Å²) in [4.78, 5) is 15.3. The smallest absolute Gasteiger partial charge is 0.182 e. The summed E-state index contributed by atoms with van der Waals surface area (Å²) in [6.45, 7) is 17.3. The summed E-state index contributed by atoms with van der Waals surface area (Å²) < 4.78 is 11.6. The van der Waals surface area contributed by atoms with Gasteiger partial charge in [0.05, 0.1) is 19.3 Å². The monoisotopic (exact) mass is 494 g/mol. The summed E-state index contributed by atoms with van der Waals surface area (Å²) in [7, 11) is 1.68. The summed E-state index contributed by atoms with van der Waals surface area (Å²) in [5, 5.41) is 19.9. The van der Waals surface area contributed by atoms with Gasteiger partial charge >= 0.3 is 0 Å². The molecule has 6 nitrogen and oxygen atoms in total. The number of ether oxygens (including phenoxy) is 2. The Labute approximate surface area is 216 Å². The maximum absolute atomic E-state index is 13.5. The molecular weight excluding hydrogens is 452 g/mol. The molecule has 0 spiro atoms. The number of aromatic hydroxyl groups is 1. The van der Waals surface area contributed by atoms with Gasteiger partial charge in [0.1, 0.15) is 17.3 Å². The molecule has 1 atom stereocenters. The minimum absolute atomic E-state index is 0.0721. The van der Waals surface area contributed by atoms with Crippen LogP contribution >= 0.6 is 0 Å². The molecule has 0 fully saturated rings. The number of hydrogen-bond donors (Lipinski definition) is 2. The Balaban J connectivity index is 1.95. The number of ketones is 1. The highest BCUT2D eigenvalue weighted by atomic mass is 16.5. The van der Waals surface area contributed by atoms with Crippen molar-refractivity contribution in [3.8, 4) is 11.5 Å². The number of methoxy groups -OCH3 is 1. The number of Topliss-reactive ketones (excluding diaryl/α,β-unsaturated/α-hetero) is 1. The molecule has 0 saturated carbocycles. The molecule has 1 aliphatic heterocycles. The predicted molar refractivity (Wildman–Crippen MR) is 145 cm³/mol. The number of fused-ring (bicyclic) bond motifs is 1. The SMILES string of the molecule is CCOc1cc2c(cc1C(CC)OC)C(=N)N(CC(=O)c1cc(C(C)(C)C)c(O)c(C(C)(C)C)c1)C2. The van der Waals surface area contributed by atoms with E-state index >= 15 is 0 Å². The second-order valence-electron chi connectivity index (χ2n) is 11.7. The van der Waals surface area contributed by atoms with Crippen molar-refractivity contribution in [1.82, 2.24) is 4.90 Å². The van der Waals surface area contributed by atoms with Crippen molar-refractivity contribution >= 4 is 11.6 Å². The first-order chi connectivity index (χ1) is 16.7. The van der Waals surface area contributed by atoms with Crippen LogP contribution < -0.4 is 4.74 Å². The van der Waals surface area contributed by atoms with Crippen molar-refractivity contribution in [2.45, 2.75) is 85.3 Å². The predicted octanol–water partition coefficient (Wildman–Crippen LogP) is 6.51. The molecule has 0 radical (unpaired) electrons. The maximum Gasteiger partial charge on any atom is 0.182 e. The third-order valence-corrected chi connectivity index (χ3v) is 6.85. The number of hydrogen-bond acceptors (Lipinski definition) is 5. The zero-order valence-electron chi connectivity index (χ0n) is 23.3. The number of phenolic OH excluding ortho intramolecular Hbond substituents is 1. The van der Waals surface area contributed by atoms with E-state index in [4.69, 9.17) is 14.9 Å². The van der Waals surface area contributed by atoms with Crippen LogP contribution in [-0.4, -0.2) is 41.9 Å². The average molecular weight is 495 g/mol. The molecule has 0 saturated heterocycles. The zero-order valence-corrected chi connectivity index (χ0v) is 23.3. The highest BCUT2D eigenvalue weighted by Gasteiger charge is 2.31. The van der Waals surface area contributed by atoms with E-state index < -0.39 is 0 Å². The molecule has 196 valence electrons. The molecule has 0 aromatic heterocycles. The van der Waals surface area contributed by atoms with E-state index in [0.717, 1.165) is 40.0 Å². The van der Waals surface area contributed by atoms with Gasteiger partial charge < -0.3 is 19.5 Å². The Morgan fingerprint density at radius 1 is 1.06 bits per heavy atom. The van der Waals surface area contributed by atoms with Gasteiger partial charge in [-0.05, 0) is 54.0 Å². The van der Waals surface area contributed by atoms with Crippen LogP contribution in [0.3, 0.4) is 0 Å². The molecule has 1 heterocycles. The van der Waals surface area contributed by atoms with Gasteiger partial charge in [-0.3, -0.25) is 10.2 Å². The minimum Gasteiger partial charge on any atom is -0.507 e. The molecule has 3 rings (SSSR count). The van der Waals surface area contributed by atoms with Gasteiger partial charge in [-0.15, -0.1) is 0 Å². The molecule has 36 heavy (non-hydrogen) atoms. The second-order valence-corrected chi connectivity index (χ2v) is 11.7. The number of nitrogens with zero attached hydrogens (tertiary/aromatic N) is 1. The van der Waals surface area contributed by atoms with Crippen LogP contribution in [0.1, 0.15) is 106 Å². The number of amidine groups is 1. The van der Waals surface area contributed by atoms with Crippen LogP contribution in [0.15, 0.2) is 24.3 Å². The quantitative estimate of drug-likeness (QED) is 0.409. The molecule has 1 aliphatic rings. The maximum atomic E-state index is 13.5. The number of carbonyl (C=O) groups is 1. The molecule has 0 aliphatic carbocycles. The van der Waals surface area contributed by atoms with Gasteiger partial charge in [0.25, 0.3) is 0 Å². The summed E-state index contributed by atoms with van der Waals surface area (Å²) >= 11 is 0.